The molecule has 0 aliphatic rings. The molecular weight excluding hydrogens is 405 g/mol. The molecule has 0 aliphatic heterocycles. The van der Waals surface area contributed by atoms with Crippen LogP contribution in [0.5, 0.6) is 0 Å². The van der Waals surface area contributed by atoms with Gasteiger partial charge in [-0.2, -0.15) is 0 Å². The molecule has 0 atom stereocenters. The van der Waals surface area contributed by atoms with Crippen molar-refractivity contribution in [1.82, 2.24) is 4.98 Å². The molecule has 0 aliphatic carbocycles. The second-order valence-corrected chi connectivity index (χ2v) is 6.09. The lowest BCUT2D eigenvalue weighted by atomic mass is 10.0. The number of rotatable bonds is 3. The van der Waals surface area contributed by atoms with Gasteiger partial charge in [0, 0.05) is 19.8 Å². The van der Waals surface area contributed by atoms with E-state index in [9.17, 15) is 4.79 Å². The van der Waals surface area contributed by atoms with Crippen LogP contribution in [0.3, 0.4) is 0 Å². The van der Waals surface area contributed by atoms with Gasteiger partial charge in [-0.15, -0.1) is 0 Å². The molecule has 1 heterocycles. The highest BCUT2D eigenvalue weighted by Crippen LogP contribution is 2.21. The molecule has 0 N–H and O–H groups in total. The Kier molecular flexibility index (Phi) is 4.50. The lowest BCUT2D eigenvalue weighted by Crippen LogP contribution is -2.07. The predicted molar refractivity (Wildman–Crippen MR) is 83.9 cm³/mol. The Bertz CT molecular complexity index is 598. The fourth-order valence-electron chi connectivity index (χ4n) is 1.66. The maximum atomic E-state index is 12.3. The molecule has 0 saturated heterocycles. The second kappa shape index (κ2) is 5.93. The summed E-state index contributed by atoms with van der Waals surface area (Å²) >= 11 is 5.62. The zero-order chi connectivity index (χ0) is 13.1. The van der Waals surface area contributed by atoms with E-state index in [2.05, 4.69) is 43.5 Å². The van der Waals surface area contributed by atoms with E-state index >= 15 is 0 Å². The number of hydrogen-bond acceptors (Lipinski definition) is 2. The molecule has 1 aromatic carbocycles. The minimum Gasteiger partial charge on any atom is -0.294 e. The fraction of sp³-hybridized carbons (Fsp3) is 0.143. The van der Waals surface area contributed by atoms with Crippen molar-refractivity contribution >= 4 is 44.3 Å². The van der Waals surface area contributed by atoms with E-state index in [0.717, 1.165) is 19.3 Å². The lowest BCUT2D eigenvalue weighted by molar-refractivity contribution is 0.0991. The van der Waals surface area contributed by atoms with Crippen molar-refractivity contribution in [3.63, 3.8) is 0 Å². The third-order valence-corrected chi connectivity index (χ3v) is 4.04. The van der Waals surface area contributed by atoms with Gasteiger partial charge in [-0.1, -0.05) is 22.0 Å². The summed E-state index contributed by atoms with van der Waals surface area (Å²) in [6, 6.07) is 9.61. The smallest absolute Gasteiger partial charge is 0.169 e. The average molecular weight is 416 g/mol. The van der Waals surface area contributed by atoms with E-state index in [1.807, 2.05) is 37.3 Å². The normalized spacial score (nSPS) is 10.4. The Morgan fingerprint density at radius 2 is 2.17 bits per heavy atom. The molecule has 0 saturated carbocycles. The van der Waals surface area contributed by atoms with Crippen LogP contribution < -0.4 is 0 Å². The van der Waals surface area contributed by atoms with E-state index in [1.165, 1.54) is 0 Å². The number of pyridine rings is 1. The largest absolute Gasteiger partial charge is 0.294 e. The summed E-state index contributed by atoms with van der Waals surface area (Å²) in [7, 11) is 0. The van der Waals surface area contributed by atoms with Crippen LogP contribution in [0, 0.1) is 10.5 Å². The summed E-state index contributed by atoms with van der Waals surface area (Å²) in [6.45, 7) is 1.97. The molecule has 0 unspecified atom stereocenters. The number of benzene rings is 1. The number of aryl methyl sites for hydroxylation is 1. The van der Waals surface area contributed by atoms with Gasteiger partial charge in [0.25, 0.3) is 0 Å². The Balaban J connectivity index is 2.28. The van der Waals surface area contributed by atoms with E-state index in [4.69, 9.17) is 0 Å². The number of Topliss-reactive ketones (excluding diaryl/α,β-unsaturated/α-hetero) is 1. The van der Waals surface area contributed by atoms with Crippen LogP contribution in [-0.4, -0.2) is 10.8 Å². The van der Waals surface area contributed by atoms with Gasteiger partial charge in [-0.25, -0.2) is 0 Å². The van der Waals surface area contributed by atoms with Gasteiger partial charge in [0.05, 0.1) is 12.1 Å². The lowest BCUT2D eigenvalue weighted by Gasteiger charge is -2.06. The van der Waals surface area contributed by atoms with E-state index in [0.29, 0.717) is 12.0 Å². The summed E-state index contributed by atoms with van der Waals surface area (Å²) in [5, 5.41) is 0. The molecule has 2 nitrogen and oxygen atoms in total. The minimum absolute atomic E-state index is 0.0854. The van der Waals surface area contributed by atoms with Crippen molar-refractivity contribution in [2.75, 3.05) is 0 Å². The van der Waals surface area contributed by atoms with Crippen LogP contribution in [0.15, 0.2) is 41.0 Å². The average Bonchev–Trinajstić information content (AvgIpc) is 2.35. The topological polar surface area (TPSA) is 30.0 Å². The van der Waals surface area contributed by atoms with Crippen molar-refractivity contribution in [3.8, 4) is 0 Å². The highest BCUT2D eigenvalue weighted by Gasteiger charge is 2.13. The van der Waals surface area contributed by atoms with Crippen LogP contribution in [0.1, 0.15) is 21.6 Å². The number of aromatic nitrogens is 1. The highest BCUT2D eigenvalue weighted by atomic mass is 127. The molecular formula is C14H11BrINO. The monoisotopic (exact) mass is 415 g/mol. The van der Waals surface area contributed by atoms with Gasteiger partial charge < -0.3 is 0 Å². The Morgan fingerprint density at radius 3 is 2.89 bits per heavy atom. The predicted octanol–water partition coefficient (Wildman–Crippen LogP) is 4.18. The van der Waals surface area contributed by atoms with Crippen molar-refractivity contribution < 1.29 is 4.79 Å². The zero-order valence-electron chi connectivity index (χ0n) is 9.78. The molecule has 18 heavy (non-hydrogen) atoms. The molecule has 1 aromatic heterocycles. The quantitative estimate of drug-likeness (QED) is 0.555. The number of hydrogen-bond donors (Lipinski definition) is 0. The Labute approximate surface area is 128 Å². The minimum atomic E-state index is 0.0854. The number of nitrogens with zero attached hydrogens (tertiary/aromatic N) is 1. The summed E-state index contributed by atoms with van der Waals surface area (Å²) in [4.78, 5) is 16.5. The number of halogens is 2. The molecule has 0 bridgehead atoms. The van der Waals surface area contributed by atoms with Crippen molar-refractivity contribution in [2.24, 2.45) is 0 Å². The fourth-order valence-corrected chi connectivity index (χ4v) is 2.62. The van der Waals surface area contributed by atoms with Crippen LogP contribution in [0.4, 0.5) is 0 Å². The number of ketones is 1. The van der Waals surface area contributed by atoms with Crippen molar-refractivity contribution in [1.29, 1.82) is 0 Å². The van der Waals surface area contributed by atoms with Gasteiger partial charge in [0.1, 0.15) is 0 Å². The van der Waals surface area contributed by atoms with E-state index in [1.54, 1.807) is 6.20 Å². The van der Waals surface area contributed by atoms with Gasteiger partial charge >= 0.3 is 0 Å². The number of carbonyl (C=O) groups is 1. The number of carbonyl (C=O) groups excluding carboxylic acids is 1. The van der Waals surface area contributed by atoms with Crippen LogP contribution in [0.25, 0.3) is 0 Å². The molecule has 0 amide bonds. The molecule has 0 radical (unpaired) electrons. The molecule has 92 valence electrons. The van der Waals surface area contributed by atoms with Gasteiger partial charge in [0.15, 0.2) is 5.78 Å². The van der Waals surface area contributed by atoms with Crippen LogP contribution in [0.2, 0.25) is 0 Å². The highest BCUT2D eigenvalue weighted by molar-refractivity contribution is 14.1. The third-order valence-electron chi connectivity index (χ3n) is 2.67. The first-order valence-electron chi connectivity index (χ1n) is 5.46. The molecule has 0 spiro atoms. The summed E-state index contributed by atoms with van der Waals surface area (Å²) in [6.07, 6.45) is 2.06. The SMILES string of the molecule is Cc1cccnc1CC(=O)c1cc(I)ccc1Br. The Morgan fingerprint density at radius 1 is 1.39 bits per heavy atom. The zero-order valence-corrected chi connectivity index (χ0v) is 13.5. The summed E-state index contributed by atoms with van der Waals surface area (Å²) in [5.41, 5.74) is 2.60. The van der Waals surface area contributed by atoms with E-state index in [-0.39, 0.29) is 5.78 Å². The summed E-state index contributed by atoms with van der Waals surface area (Å²) in [5.74, 6) is 0.0854. The standard InChI is InChI=1S/C14H11BrINO/c1-9-3-2-6-17-13(9)8-14(18)11-7-10(16)4-5-12(11)15/h2-7H,8H2,1H3. The maximum absolute atomic E-state index is 12.3. The second-order valence-electron chi connectivity index (χ2n) is 3.99. The van der Waals surface area contributed by atoms with Gasteiger partial charge in [-0.05, 0) is 59.3 Å². The molecule has 2 rings (SSSR count). The Hall–Kier alpha value is -0.750. The van der Waals surface area contributed by atoms with Gasteiger partial charge in [-0.3, -0.25) is 9.78 Å². The van der Waals surface area contributed by atoms with Crippen molar-refractivity contribution in [2.45, 2.75) is 13.3 Å². The maximum Gasteiger partial charge on any atom is 0.169 e. The van der Waals surface area contributed by atoms with E-state index < -0.39 is 0 Å². The molecule has 4 heteroatoms. The third kappa shape index (κ3) is 3.17. The first-order chi connectivity index (χ1) is 8.58. The first-order valence-corrected chi connectivity index (χ1v) is 7.34. The first kappa shape index (κ1) is 13.7. The summed E-state index contributed by atoms with van der Waals surface area (Å²) < 4.78 is 1.89. The van der Waals surface area contributed by atoms with Crippen LogP contribution in [-0.2, 0) is 6.42 Å². The van der Waals surface area contributed by atoms with Gasteiger partial charge in [0.2, 0.25) is 0 Å². The van der Waals surface area contributed by atoms with Crippen molar-refractivity contribution in [3.05, 3.63) is 61.4 Å². The molecule has 2 aromatic rings. The molecule has 0 fully saturated rings. The van der Waals surface area contributed by atoms with Crippen LogP contribution >= 0.6 is 38.5 Å².